The number of halogens is 3. The number of aliphatic carboxylic acids is 1. The summed E-state index contributed by atoms with van der Waals surface area (Å²) >= 11 is 11.8. The summed E-state index contributed by atoms with van der Waals surface area (Å²) in [4.78, 5) is 13.1. The summed E-state index contributed by atoms with van der Waals surface area (Å²) in [5.74, 6) is -1.51. The minimum absolute atomic E-state index is 0.00975. The summed E-state index contributed by atoms with van der Waals surface area (Å²) in [5.41, 5.74) is 0.683. The number of hydrogen-bond donors (Lipinski definition) is 1. The molecule has 1 unspecified atom stereocenters. The van der Waals surface area contributed by atoms with E-state index in [-0.39, 0.29) is 17.0 Å². The molecule has 1 aromatic rings. The lowest BCUT2D eigenvalue weighted by molar-refractivity contribution is -0.143. The van der Waals surface area contributed by atoms with Gasteiger partial charge in [0.2, 0.25) is 0 Å². The van der Waals surface area contributed by atoms with Crippen LogP contribution in [0.15, 0.2) is 12.1 Å². The van der Waals surface area contributed by atoms with Gasteiger partial charge in [-0.1, -0.05) is 23.2 Å². The van der Waals surface area contributed by atoms with Gasteiger partial charge in [-0.15, -0.1) is 0 Å². The highest BCUT2D eigenvalue weighted by Crippen LogP contribution is 2.33. The molecule has 3 nitrogen and oxygen atoms in total. The van der Waals surface area contributed by atoms with E-state index < -0.39 is 11.8 Å². The van der Waals surface area contributed by atoms with Gasteiger partial charge in [-0.25, -0.2) is 4.39 Å². The Morgan fingerprint density at radius 3 is 2.50 bits per heavy atom. The maximum Gasteiger partial charge on any atom is 0.306 e. The molecule has 0 radical (unpaired) electrons. The maximum absolute atomic E-state index is 13.6. The molecular formula is C14H16Cl2FNO2. The van der Waals surface area contributed by atoms with Crippen LogP contribution in [0.3, 0.4) is 0 Å². The second-order valence-corrected chi connectivity index (χ2v) is 5.93. The van der Waals surface area contributed by atoms with Crippen molar-refractivity contribution in [3.05, 3.63) is 33.6 Å². The monoisotopic (exact) mass is 319 g/mol. The van der Waals surface area contributed by atoms with Crippen molar-refractivity contribution in [2.45, 2.75) is 25.8 Å². The Morgan fingerprint density at radius 2 is 1.95 bits per heavy atom. The topological polar surface area (TPSA) is 40.5 Å². The third-order valence-corrected chi connectivity index (χ3v) is 4.53. The number of likely N-dealkylation sites (tertiary alicyclic amines) is 1. The molecule has 0 saturated carbocycles. The summed E-state index contributed by atoms with van der Waals surface area (Å²) < 4.78 is 13.6. The molecule has 0 aliphatic carbocycles. The van der Waals surface area contributed by atoms with Crippen LogP contribution in [-0.4, -0.2) is 29.1 Å². The van der Waals surface area contributed by atoms with E-state index in [1.807, 2.05) is 6.92 Å². The predicted octanol–water partition coefficient (Wildman–Crippen LogP) is 3.99. The Morgan fingerprint density at radius 1 is 1.35 bits per heavy atom. The second kappa shape index (κ2) is 6.29. The van der Waals surface area contributed by atoms with Gasteiger partial charge < -0.3 is 5.11 Å². The molecule has 0 amide bonds. The van der Waals surface area contributed by atoms with Crippen LogP contribution in [-0.2, 0) is 4.79 Å². The van der Waals surface area contributed by atoms with Crippen LogP contribution in [0.2, 0.25) is 10.0 Å². The Bertz CT molecular complexity index is 516. The summed E-state index contributed by atoms with van der Waals surface area (Å²) in [7, 11) is 0. The van der Waals surface area contributed by atoms with E-state index in [2.05, 4.69) is 4.90 Å². The van der Waals surface area contributed by atoms with Crippen molar-refractivity contribution in [2.24, 2.45) is 5.92 Å². The molecule has 0 bridgehead atoms. The van der Waals surface area contributed by atoms with E-state index in [1.54, 1.807) is 0 Å². The van der Waals surface area contributed by atoms with Gasteiger partial charge in [-0.3, -0.25) is 9.69 Å². The predicted molar refractivity (Wildman–Crippen MR) is 76.8 cm³/mol. The minimum atomic E-state index is -0.743. The SMILES string of the molecule is CC(c1cc(F)c(Cl)cc1Cl)N1CCC(C(=O)O)CC1. The van der Waals surface area contributed by atoms with Crippen LogP contribution < -0.4 is 0 Å². The highest BCUT2D eigenvalue weighted by Gasteiger charge is 2.28. The molecule has 1 aliphatic rings. The van der Waals surface area contributed by atoms with Gasteiger partial charge in [0, 0.05) is 11.1 Å². The van der Waals surface area contributed by atoms with Gasteiger partial charge in [0.1, 0.15) is 5.82 Å². The lowest BCUT2D eigenvalue weighted by Gasteiger charge is -2.35. The molecule has 0 aromatic heterocycles. The van der Waals surface area contributed by atoms with E-state index in [0.717, 1.165) is 0 Å². The molecule has 0 spiro atoms. The van der Waals surface area contributed by atoms with Crippen molar-refractivity contribution in [3.8, 4) is 0 Å². The molecule has 1 aliphatic heterocycles. The van der Waals surface area contributed by atoms with Crippen molar-refractivity contribution in [1.29, 1.82) is 0 Å². The van der Waals surface area contributed by atoms with Gasteiger partial charge in [0.05, 0.1) is 10.9 Å². The average molecular weight is 320 g/mol. The van der Waals surface area contributed by atoms with Crippen LogP contribution in [0.4, 0.5) is 4.39 Å². The first kappa shape index (κ1) is 15.5. The quantitative estimate of drug-likeness (QED) is 0.856. The average Bonchev–Trinajstić information content (AvgIpc) is 2.42. The molecule has 20 heavy (non-hydrogen) atoms. The number of rotatable bonds is 3. The molecular weight excluding hydrogens is 304 g/mol. The Labute approximate surface area is 127 Å². The number of carbonyl (C=O) groups is 1. The molecule has 1 aromatic carbocycles. The first-order valence-electron chi connectivity index (χ1n) is 6.51. The zero-order valence-electron chi connectivity index (χ0n) is 11.1. The molecule has 1 fully saturated rings. The zero-order chi connectivity index (χ0) is 14.9. The second-order valence-electron chi connectivity index (χ2n) is 5.11. The fourth-order valence-corrected chi connectivity index (χ4v) is 3.13. The highest BCUT2D eigenvalue weighted by molar-refractivity contribution is 6.35. The lowest BCUT2D eigenvalue weighted by atomic mass is 9.95. The third kappa shape index (κ3) is 3.25. The normalized spacial score (nSPS) is 19.0. The number of carboxylic acid groups (broad SMARTS) is 1. The standard InChI is InChI=1S/C14H16Cl2FNO2/c1-8(10-6-13(17)12(16)7-11(10)15)18-4-2-9(3-5-18)14(19)20/h6-9H,2-5H2,1H3,(H,19,20). The fourth-order valence-electron chi connectivity index (χ4n) is 2.59. The van der Waals surface area contributed by atoms with Crippen molar-refractivity contribution in [2.75, 3.05) is 13.1 Å². The summed E-state index contributed by atoms with van der Waals surface area (Å²) in [6.07, 6.45) is 1.21. The highest BCUT2D eigenvalue weighted by atomic mass is 35.5. The van der Waals surface area contributed by atoms with Crippen LogP contribution >= 0.6 is 23.2 Å². The Kier molecular flexibility index (Phi) is 4.89. The molecule has 1 heterocycles. The fraction of sp³-hybridized carbons (Fsp3) is 0.500. The maximum atomic E-state index is 13.6. The number of carboxylic acids is 1. The van der Waals surface area contributed by atoms with E-state index in [4.69, 9.17) is 28.3 Å². The lowest BCUT2D eigenvalue weighted by Crippen LogP contribution is -2.38. The number of hydrogen-bond acceptors (Lipinski definition) is 2. The van der Waals surface area contributed by atoms with Crippen molar-refractivity contribution >= 4 is 29.2 Å². The largest absolute Gasteiger partial charge is 0.481 e. The van der Waals surface area contributed by atoms with Crippen LogP contribution in [0, 0.1) is 11.7 Å². The molecule has 6 heteroatoms. The Hall–Kier alpha value is -0.840. The molecule has 1 N–H and O–H groups in total. The van der Waals surface area contributed by atoms with Gasteiger partial charge in [-0.05, 0) is 50.6 Å². The first-order valence-corrected chi connectivity index (χ1v) is 7.27. The van der Waals surface area contributed by atoms with Gasteiger partial charge >= 0.3 is 5.97 Å². The van der Waals surface area contributed by atoms with E-state index >= 15 is 0 Å². The van der Waals surface area contributed by atoms with Gasteiger partial charge in [-0.2, -0.15) is 0 Å². The van der Waals surface area contributed by atoms with Gasteiger partial charge in [0.15, 0.2) is 0 Å². The summed E-state index contributed by atoms with van der Waals surface area (Å²) in [5, 5.41) is 9.43. The van der Waals surface area contributed by atoms with Gasteiger partial charge in [0.25, 0.3) is 0 Å². The van der Waals surface area contributed by atoms with Crippen molar-refractivity contribution < 1.29 is 14.3 Å². The minimum Gasteiger partial charge on any atom is -0.481 e. The van der Waals surface area contributed by atoms with Crippen LogP contribution in [0.1, 0.15) is 31.4 Å². The molecule has 110 valence electrons. The third-order valence-electron chi connectivity index (χ3n) is 3.92. The van der Waals surface area contributed by atoms with E-state index in [0.29, 0.717) is 36.5 Å². The zero-order valence-corrected chi connectivity index (χ0v) is 12.6. The summed E-state index contributed by atoms with van der Waals surface area (Å²) in [6.45, 7) is 3.27. The van der Waals surface area contributed by atoms with E-state index in [1.165, 1.54) is 12.1 Å². The number of benzene rings is 1. The molecule has 2 rings (SSSR count). The molecule has 1 saturated heterocycles. The Balaban J connectivity index is 2.11. The smallest absolute Gasteiger partial charge is 0.306 e. The number of nitrogens with zero attached hydrogens (tertiary/aromatic N) is 1. The van der Waals surface area contributed by atoms with Crippen molar-refractivity contribution in [1.82, 2.24) is 4.90 Å². The van der Waals surface area contributed by atoms with Crippen molar-refractivity contribution in [3.63, 3.8) is 0 Å². The van der Waals surface area contributed by atoms with Crippen LogP contribution in [0.5, 0.6) is 0 Å². The number of piperidine rings is 1. The van der Waals surface area contributed by atoms with Crippen LogP contribution in [0.25, 0.3) is 0 Å². The summed E-state index contributed by atoms with van der Waals surface area (Å²) in [6, 6.07) is 2.70. The first-order chi connectivity index (χ1) is 9.40. The van der Waals surface area contributed by atoms with E-state index in [9.17, 15) is 9.18 Å². The molecule has 1 atom stereocenters.